The molecule has 0 spiro atoms. The van der Waals surface area contributed by atoms with Crippen molar-refractivity contribution < 1.29 is 4.74 Å². The van der Waals surface area contributed by atoms with Crippen LogP contribution in [0.4, 0.5) is 0 Å². The zero-order valence-corrected chi connectivity index (χ0v) is 12.0. The van der Waals surface area contributed by atoms with Crippen LogP contribution in [0.25, 0.3) is 0 Å². The van der Waals surface area contributed by atoms with E-state index in [1.165, 1.54) is 11.8 Å². The van der Waals surface area contributed by atoms with Crippen LogP contribution in [0.5, 0.6) is 5.75 Å². The van der Waals surface area contributed by atoms with Crippen molar-refractivity contribution in [3.63, 3.8) is 0 Å². The predicted molar refractivity (Wildman–Crippen MR) is 71.9 cm³/mol. The second-order valence-electron chi connectivity index (χ2n) is 3.05. The average molecular weight is 332 g/mol. The highest BCUT2D eigenvalue weighted by molar-refractivity contribution is 9.10. The lowest BCUT2D eigenvalue weighted by Crippen LogP contribution is -1.89. The van der Waals surface area contributed by atoms with Crippen LogP contribution >= 0.6 is 39.3 Å². The molecule has 0 radical (unpaired) electrons. The van der Waals surface area contributed by atoms with Gasteiger partial charge in [-0.1, -0.05) is 23.9 Å². The molecule has 0 fully saturated rings. The van der Waals surface area contributed by atoms with E-state index in [9.17, 15) is 0 Å². The van der Waals surface area contributed by atoms with E-state index in [0.717, 1.165) is 20.1 Å². The smallest absolute Gasteiger partial charge is 0.223 e. The molecule has 0 amide bonds. The summed E-state index contributed by atoms with van der Waals surface area (Å²) in [5, 5.41) is 0.986. The molecule has 0 aliphatic heterocycles. The lowest BCUT2D eigenvalue weighted by molar-refractivity contribution is 0.405. The maximum atomic E-state index is 5.77. The van der Waals surface area contributed by atoms with Crippen LogP contribution in [0.1, 0.15) is 0 Å². The number of ether oxygens (including phenoxy) is 1. The number of hydrogen-bond donors (Lipinski definition) is 0. The number of rotatable bonds is 3. The van der Waals surface area contributed by atoms with Crippen molar-refractivity contribution in [3.05, 3.63) is 40.2 Å². The average Bonchev–Trinajstić information content (AvgIpc) is 2.34. The summed E-state index contributed by atoms with van der Waals surface area (Å²) in [5.74, 6) is 0.805. The Kier molecular flexibility index (Phi) is 4.25. The Hall–Kier alpha value is -0.780. The summed E-state index contributed by atoms with van der Waals surface area (Å²) >= 11 is 10.6. The van der Waals surface area contributed by atoms with E-state index in [-0.39, 0.29) is 5.28 Å². The van der Waals surface area contributed by atoms with E-state index in [0.29, 0.717) is 0 Å². The van der Waals surface area contributed by atoms with E-state index < -0.39 is 0 Å². The monoisotopic (exact) mass is 330 g/mol. The molecule has 88 valence electrons. The molecule has 1 heterocycles. The molecule has 0 unspecified atom stereocenters. The van der Waals surface area contributed by atoms with Gasteiger partial charge in [0.1, 0.15) is 10.8 Å². The van der Waals surface area contributed by atoms with Crippen molar-refractivity contribution in [3.8, 4) is 5.75 Å². The third-order valence-electron chi connectivity index (χ3n) is 1.96. The van der Waals surface area contributed by atoms with E-state index in [1.54, 1.807) is 13.3 Å². The van der Waals surface area contributed by atoms with E-state index in [1.807, 2.05) is 24.3 Å². The number of hydrogen-bond acceptors (Lipinski definition) is 4. The van der Waals surface area contributed by atoms with Gasteiger partial charge in [0.05, 0.1) is 16.5 Å². The number of halogens is 2. The van der Waals surface area contributed by atoms with Gasteiger partial charge in [-0.3, -0.25) is 0 Å². The molecule has 0 saturated carbocycles. The maximum Gasteiger partial charge on any atom is 0.223 e. The first-order valence-corrected chi connectivity index (χ1v) is 6.68. The minimum absolute atomic E-state index is 0.227. The molecule has 6 heteroatoms. The van der Waals surface area contributed by atoms with Gasteiger partial charge >= 0.3 is 0 Å². The molecule has 2 aromatic rings. The maximum absolute atomic E-state index is 5.77. The summed E-state index contributed by atoms with van der Waals surface area (Å²) in [7, 11) is 1.64. The van der Waals surface area contributed by atoms with Gasteiger partial charge in [0.25, 0.3) is 0 Å². The molecule has 0 saturated heterocycles. The van der Waals surface area contributed by atoms with Crippen molar-refractivity contribution in [2.45, 2.75) is 9.92 Å². The summed E-state index contributed by atoms with van der Waals surface area (Å²) in [6.07, 6.45) is 1.63. The number of nitrogens with zero attached hydrogens (tertiary/aromatic N) is 2. The van der Waals surface area contributed by atoms with Crippen LogP contribution in [-0.2, 0) is 0 Å². The standard InChI is InChI=1S/C11H8BrClN2OS/c1-16-8-4-2-3-5-9(8)17-10-7(12)6-14-11(13)15-10/h2-6H,1H3. The number of benzene rings is 1. The lowest BCUT2D eigenvalue weighted by Gasteiger charge is -2.07. The molecule has 0 aliphatic carbocycles. The second-order valence-corrected chi connectivity index (χ2v) is 5.27. The zero-order valence-electron chi connectivity index (χ0n) is 8.85. The molecule has 2 rings (SSSR count). The van der Waals surface area contributed by atoms with Gasteiger partial charge < -0.3 is 4.74 Å². The van der Waals surface area contributed by atoms with Gasteiger partial charge in [0.15, 0.2) is 0 Å². The fourth-order valence-corrected chi connectivity index (χ4v) is 2.72. The molecule has 1 aromatic heterocycles. The summed E-state index contributed by atoms with van der Waals surface area (Å²) in [6, 6.07) is 7.73. The second kappa shape index (κ2) is 5.71. The molecule has 0 bridgehead atoms. The largest absolute Gasteiger partial charge is 0.496 e. The van der Waals surface area contributed by atoms with Crippen LogP contribution in [0.15, 0.2) is 44.9 Å². The predicted octanol–water partition coefficient (Wildman–Crippen LogP) is 4.05. The van der Waals surface area contributed by atoms with Crippen molar-refractivity contribution in [1.29, 1.82) is 0 Å². The third-order valence-corrected chi connectivity index (χ3v) is 4.04. The van der Waals surface area contributed by atoms with Gasteiger partial charge in [-0.2, -0.15) is 0 Å². The van der Waals surface area contributed by atoms with Crippen molar-refractivity contribution >= 4 is 39.3 Å². The summed E-state index contributed by atoms with van der Waals surface area (Å²) in [5.41, 5.74) is 0. The Balaban J connectivity index is 2.34. The highest BCUT2D eigenvalue weighted by Gasteiger charge is 2.09. The van der Waals surface area contributed by atoms with Gasteiger partial charge in [-0.05, 0) is 39.7 Å². The van der Waals surface area contributed by atoms with Crippen molar-refractivity contribution in [2.75, 3.05) is 7.11 Å². The Bertz CT molecular complexity index is 539. The van der Waals surface area contributed by atoms with Crippen molar-refractivity contribution in [2.24, 2.45) is 0 Å². The highest BCUT2D eigenvalue weighted by Crippen LogP contribution is 2.37. The Morgan fingerprint density at radius 3 is 2.88 bits per heavy atom. The lowest BCUT2D eigenvalue weighted by atomic mass is 10.3. The molecule has 17 heavy (non-hydrogen) atoms. The molecular formula is C11H8BrClN2OS. The van der Waals surface area contributed by atoms with Crippen LogP contribution in [0.2, 0.25) is 5.28 Å². The first kappa shape index (κ1) is 12.7. The number of para-hydroxylation sites is 1. The Morgan fingerprint density at radius 2 is 2.12 bits per heavy atom. The summed E-state index contributed by atoms with van der Waals surface area (Å²) in [4.78, 5) is 9.02. The van der Waals surface area contributed by atoms with Crippen LogP contribution in [-0.4, -0.2) is 17.1 Å². The molecular weight excluding hydrogens is 324 g/mol. The minimum Gasteiger partial charge on any atom is -0.496 e. The van der Waals surface area contributed by atoms with Gasteiger partial charge in [-0.15, -0.1) is 0 Å². The van der Waals surface area contributed by atoms with E-state index in [4.69, 9.17) is 16.3 Å². The zero-order chi connectivity index (χ0) is 12.3. The first-order valence-electron chi connectivity index (χ1n) is 4.69. The van der Waals surface area contributed by atoms with Crippen LogP contribution < -0.4 is 4.74 Å². The molecule has 1 aromatic carbocycles. The summed E-state index contributed by atoms with van der Waals surface area (Å²) in [6.45, 7) is 0. The van der Waals surface area contributed by atoms with Crippen molar-refractivity contribution in [1.82, 2.24) is 9.97 Å². The SMILES string of the molecule is COc1ccccc1Sc1nc(Cl)ncc1Br. The van der Waals surface area contributed by atoms with Gasteiger partial charge in [-0.25, -0.2) is 9.97 Å². The molecule has 0 atom stereocenters. The van der Waals surface area contributed by atoms with Crippen LogP contribution in [0.3, 0.4) is 0 Å². The Labute approximate surface area is 117 Å². The quantitative estimate of drug-likeness (QED) is 0.628. The molecule has 0 aliphatic rings. The van der Waals surface area contributed by atoms with E-state index >= 15 is 0 Å². The number of methoxy groups -OCH3 is 1. The minimum atomic E-state index is 0.227. The molecule has 0 N–H and O–H groups in total. The Morgan fingerprint density at radius 1 is 1.35 bits per heavy atom. The highest BCUT2D eigenvalue weighted by atomic mass is 79.9. The topological polar surface area (TPSA) is 35.0 Å². The van der Waals surface area contributed by atoms with Gasteiger partial charge in [0.2, 0.25) is 5.28 Å². The molecule has 3 nitrogen and oxygen atoms in total. The fourth-order valence-electron chi connectivity index (χ4n) is 1.21. The fraction of sp³-hybridized carbons (Fsp3) is 0.0909. The first-order chi connectivity index (χ1) is 8.20. The third kappa shape index (κ3) is 3.12. The number of aromatic nitrogens is 2. The van der Waals surface area contributed by atoms with E-state index in [2.05, 4.69) is 25.9 Å². The normalized spacial score (nSPS) is 10.3. The summed E-state index contributed by atoms with van der Waals surface area (Å²) < 4.78 is 6.08. The van der Waals surface area contributed by atoms with Gasteiger partial charge in [0, 0.05) is 6.20 Å². The van der Waals surface area contributed by atoms with Crippen LogP contribution in [0, 0.1) is 0 Å².